The summed E-state index contributed by atoms with van der Waals surface area (Å²) in [5, 5.41) is 15.4. The van der Waals surface area contributed by atoms with Gasteiger partial charge in [-0.25, -0.2) is 4.98 Å². The number of hydrogen-bond acceptors (Lipinski definition) is 4. The Morgan fingerprint density at radius 1 is 1.40 bits per heavy atom. The van der Waals surface area contributed by atoms with Gasteiger partial charge in [-0.05, 0) is 12.1 Å². The predicted octanol–water partition coefficient (Wildman–Crippen LogP) is 2.45. The molecule has 0 radical (unpaired) electrons. The van der Waals surface area contributed by atoms with E-state index in [9.17, 15) is 4.79 Å². The van der Waals surface area contributed by atoms with Gasteiger partial charge in [0.2, 0.25) is 0 Å². The number of carbonyl (C=O) groups is 1. The summed E-state index contributed by atoms with van der Waals surface area (Å²) in [4.78, 5) is 15.8. The number of halogens is 3. The topological polar surface area (TPSA) is 83.6 Å². The van der Waals surface area contributed by atoms with Gasteiger partial charge in [0.25, 0.3) is 9.70 Å². The molecule has 0 fully saturated rings. The van der Waals surface area contributed by atoms with E-state index in [0.717, 1.165) is 0 Å². The summed E-state index contributed by atoms with van der Waals surface area (Å²) >= 11 is 16.5. The van der Waals surface area contributed by atoms with E-state index in [0.29, 0.717) is 5.82 Å². The molecular formula is C11H6Cl3N5O. The maximum atomic E-state index is 11.7. The van der Waals surface area contributed by atoms with Crippen LogP contribution in [0.4, 0.5) is 5.82 Å². The van der Waals surface area contributed by atoms with E-state index in [4.69, 9.17) is 40.1 Å². The maximum absolute atomic E-state index is 11.7. The zero-order valence-electron chi connectivity index (χ0n) is 9.72. The number of carbonyl (C=O) groups excluding carboxylic acids is 1. The van der Waals surface area contributed by atoms with Crippen molar-refractivity contribution < 1.29 is 4.79 Å². The summed E-state index contributed by atoms with van der Waals surface area (Å²) in [6, 6.07) is 6.99. The molecule has 0 aliphatic heterocycles. The van der Waals surface area contributed by atoms with Gasteiger partial charge in [-0.3, -0.25) is 4.79 Å². The fraction of sp³-hybridized carbons (Fsp3) is 0.0909. The highest BCUT2D eigenvalue weighted by Crippen LogP contribution is 2.28. The molecule has 0 unspecified atom stereocenters. The van der Waals surface area contributed by atoms with Gasteiger partial charge in [-0.15, -0.1) is 0 Å². The number of rotatable bonds is 2. The van der Waals surface area contributed by atoms with Gasteiger partial charge < -0.3 is 5.32 Å². The Balaban J connectivity index is 2.44. The van der Waals surface area contributed by atoms with Crippen LogP contribution in [0.5, 0.6) is 0 Å². The molecular weight excluding hydrogens is 325 g/mol. The highest BCUT2D eigenvalue weighted by atomic mass is 35.6. The highest BCUT2D eigenvalue weighted by molar-refractivity contribution is 6.76. The first-order valence-electron chi connectivity index (χ1n) is 5.21. The lowest BCUT2D eigenvalue weighted by molar-refractivity contribution is -0.115. The standard InChI is InChI=1S/C11H6Cl3N5O/c12-11(13,14)10(20)18-9-7(5-15)6-17-19(9)8-3-1-2-4-16-8/h1-4,6H,(H,18,20). The molecule has 0 spiro atoms. The lowest BCUT2D eigenvalue weighted by atomic mass is 10.3. The summed E-state index contributed by atoms with van der Waals surface area (Å²) in [5.41, 5.74) is 0.123. The first-order chi connectivity index (χ1) is 9.43. The minimum absolute atomic E-state index is 0.0857. The van der Waals surface area contributed by atoms with Gasteiger partial charge in [0.15, 0.2) is 11.6 Å². The van der Waals surface area contributed by atoms with Crippen molar-refractivity contribution in [1.29, 1.82) is 5.26 Å². The molecule has 2 heterocycles. The predicted molar refractivity (Wildman–Crippen MR) is 75.0 cm³/mol. The fourth-order valence-electron chi connectivity index (χ4n) is 1.38. The van der Waals surface area contributed by atoms with Crippen molar-refractivity contribution in [3.05, 3.63) is 36.2 Å². The van der Waals surface area contributed by atoms with Gasteiger partial charge in [-0.2, -0.15) is 15.0 Å². The molecule has 1 amide bonds. The number of pyridine rings is 1. The highest BCUT2D eigenvalue weighted by Gasteiger charge is 2.32. The van der Waals surface area contributed by atoms with E-state index < -0.39 is 9.70 Å². The van der Waals surface area contributed by atoms with E-state index in [-0.39, 0.29) is 11.4 Å². The summed E-state index contributed by atoms with van der Waals surface area (Å²) in [7, 11) is 0. The number of nitrogens with zero attached hydrogens (tertiary/aromatic N) is 4. The van der Waals surface area contributed by atoms with Gasteiger partial charge in [0.1, 0.15) is 11.6 Å². The SMILES string of the molecule is N#Cc1cnn(-c2ccccn2)c1NC(=O)C(Cl)(Cl)Cl. The van der Waals surface area contributed by atoms with Crippen LogP contribution in [0.1, 0.15) is 5.56 Å². The normalized spacial score (nSPS) is 10.9. The Hall–Kier alpha value is -1.81. The Morgan fingerprint density at radius 2 is 2.15 bits per heavy atom. The average Bonchev–Trinajstić information content (AvgIpc) is 2.81. The second-order valence-corrected chi connectivity index (χ2v) is 5.85. The van der Waals surface area contributed by atoms with Crippen molar-refractivity contribution in [2.75, 3.05) is 5.32 Å². The number of amides is 1. The van der Waals surface area contributed by atoms with Gasteiger partial charge in [0.05, 0.1) is 6.20 Å². The summed E-state index contributed by atoms with van der Waals surface area (Å²) in [6.45, 7) is 0. The second kappa shape index (κ2) is 5.67. The average molecular weight is 331 g/mol. The number of alkyl halides is 3. The smallest absolute Gasteiger partial charge is 0.277 e. The van der Waals surface area contributed by atoms with Crippen molar-refractivity contribution >= 4 is 46.5 Å². The number of nitrogens with one attached hydrogen (secondary N) is 1. The zero-order chi connectivity index (χ0) is 14.8. The first-order valence-corrected chi connectivity index (χ1v) is 6.34. The molecule has 0 aliphatic rings. The van der Waals surface area contributed by atoms with Gasteiger partial charge in [0, 0.05) is 6.20 Å². The lowest BCUT2D eigenvalue weighted by Crippen LogP contribution is -2.28. The van der Waals surface area contributed by atoms with Crippen LogP contribution in [-0.2, 0) is 4.79 Å². The molecule has 0 aliphatic carbocycles. The third kappa shape index (κ3) is 3.02. The van der Waals surface area contributed by atoms with Crippen LogP contribution in [0, 0.1) is 11.3 Å². The molecule has 0 atom stereocenters. The Labute approximate surface area is 128 Å². The third-order valence-electron chi connectivity index (χ3n) is 2.25. The van der Waals surface area contributed by atoms with Crippen LogP contribution >= 0.6 is 34.8 Å². The Kier molecular flexibility index (Phi) is 4.14. The summed E-state index contributed by atoms with van der Waals surface area (Å²) in [5.74, 6) is -0.396. The van der Waals surface area contributed by atoms with Crippen molar-refractivity contribution in [1.82, 2.24) is 14.8 Å². The number of hydrogen-bond donors (Lipinski definition) is 1. The van der Waals surface area contributed by atoms with Gasteiger partial charge in [-0.1, -0.05) is 40.9 Å². The number of nitriles is 1. The van der Waals surface area contributed by atoms with Crippen molar-refractivity contribution in [2.45, 2.75) is 3.79 Å². The monoisotopic (exact) mass is 329 g/mol. The molecule has 2 rings (SSSR count). The maximum Gasteiger partial charge on any atom is 0.277 e. The van der Waals surface area contributed by atoms with E-state index >= 15 is 0 Å². The Morgan fingerprint density at radius 3 is 2.70 bits per heavy atom. The van der Waals surface area contributed by atoms with Crippen molar-refractivity contribution in [3.63, 3.8) is 0 Å². The molecule has 9 heteroatoms. The first kappa shape index (κ1) is 14.6. The van der Waals surface area contributed by atoms with Crippen LogP contribution in [-0.4, -0.2) is 24.5 Å². The molecule has 0 aromatic carbocycles. The number of aromatic nitrogens is 3. The van der Waals surface area contributed by atoms with E-state index in [1.807, 2.05) is 6.07 Å². The summed E-state index contributed by atoms with van der Waals surface area (Å²) in [6.07, 6.45) is 2.83. The van der Waals surface area contributed by atoms with E-state index in [2.05, 4.69) is 15.4 Å². The molecule has 20 heavy (non-hydrogen) atoms. The van der Waals surface area contributed by atoms with Crippen molar-refractivity contribution in [3.8, 4) is 11.9 Å². The van der Waals surface area contributed by atoms with Crippen LogP contribution < -0.4 is 5.32 Å². The summed E-state index contributed by atoms with van der Waals surface area (Å²) < 4.78 is -0.876. The van der Waals surface area contributed by atoms with Crippen LogP contribution in [0.2, 0.25) is 0 Å². The minimum atomic E-state index is -2.15. The van der Waals surface area contributed by atoms with E-state index in [1.54, 1.807) is 24.4 Å². The quantitative estimate of drug-likeness (QED) is 0.857. The molecule has 1 N–H and O–H groups in total. The minimum Gasteiger partial charge on any atom is -0.306 e. The second-order valence-electron chi connectivity index (χ2n) is 3.57. The molecule has 2 aromatic rings. The van der Waals surface area contributed by atoms with E-state index in [1.165, 1.54) is 10.9 Å². The molecule has 0 bridgehead atoms. The number of anilines is 1. The van der Waals surface area contributed by atoms with Crippen LogP contribution in [0.25, 0.3) is 5.82 Å². The van der Waals surface area contributed by atoms with Crippen molar-refractivity contribution in [2.24, 2.45) is 0 Å². The fourth-order valence-corrected chi connectivity index (χ4v) is 1.52. The molecule has 2 aromatic heterocycles. The zero-order valence-corrected chi connectivity index (χ0v) is 12.0. The largest absolute Gasteiger partial charge is 0.306 e. The molecule has 0 saturated heterocycles. The molecule has 6 nitrogen and oxygen atoms in total. The molecule has 102 valence electrons. The molecule has 0 saturated carbocycles. The Bertz CT molecular complexity index is 672. The van der Waals surface area contributed by atoms with Crippen LogP contribution in [0.15, 0.2) is 30.6 Å². The van der Waals surface area contributed by atoms with Gasteiger partial charge >= 0.3 is 0 Å². The third-order valence-corrected chi connectivity index (χ3v) is 2.76. The van der Waals surface area contributed by atoms with Crippen LogP contribution in [0.3, 0.4) is 0 Å². The lowest BCUT2D eigenvalue weighted by Gasteiger charge is -2.12.